The Morgan fingerprint density at radius 3 is 2.50 bits per heavy atom. The molecule has 0 aliphatic carbocycles. The van der Waals surface area contributed by atoms with Crippen molar-refractivity contribution in [1.29, 1.82) is 0 Å². The molecule has 2 nitrogen and oxygen atoms in total. The molecule has 0 amide bonds. The Balaban J connectivity index is 1.68. The molecule has 1 aromatic rings. The van der Waals surface area contributed by atoms with Crippen LogP contribution in [0, 0.1) is 0 Å². The van der Waals surface area contributed by atoms with Crippen molar-refractivity contribution >= 4 is 0 Å². The highest BCUT2D eigenvalue weighted by Crippen LogP contribution is 2.20. The van der Waals surface area contributed by atoms with Crippen molar-refractivity contribution in [2.45, 2.75) is 58.0 Å². The predicted octanol–water partition coefficient (Wildman–Crippen LogP) is 4.25. The van der Waals surface area contributed by atoms with E-state index in [9.17, 15) is 0 Å². The van der Waals surface area contributed by atoms with E-state index in [1.54, 1.807) is 0 Å². The van der Waals surface area contributed by atoms with Gasteiger partial charge in [0, 0.05) is 13.1 Å². The lowest BCUT2D eigenvalue weighted by Crippen LogP contribution is -2.33. The number of morpholine rings is 1. The molecular weight excluding hydrogens is 246 g/mol. The number of hydrogen-bond donors (Lipinski definition) is 1. The molecule has 0 unspecified atom stereocenters. The Kier molecular flexibility index (Phi) is 7.10. The molecule has 112 valence electrons. The number of nitrogens with one attached hydrogen (secondary N) is 1. The van der Waals surface area contributed by atoms with E-state index in [0.717, 1.165) is 19.7 Å². The third-order valence-corrected chi connectivity index (χ3v) is 4.10. The highest BCUT2D eigenvalue weighted by molar-refractivity contribution is 5.24. The summed E-state index contributed by atoms with van der Waals surface area (Å²) in [6.45, 7) is 5.01. The van der Waals surface area contributed by atoms with Crippen LogP contribution in [0.25, 0.3) is 0 Å². The van der Waals surface area contributed by atoms with Crippen LogP contribution in [-0.2, 0) is 11.2 Å². The van der Waals surface area contributed by atoms with Crippen LogP contribution in [-0.4, -0.2) is 19.7 Å². The van der Waals surface area contributed by atoms with E-state index in [4.69, 9.17) is 4.74 Å². The highest BCUT2D eigenvalue weighted by atomic mass is 16.5. The Hall–Kier alpha value is -0.860. The standard InChI is InChI=1S/C18H29NO/c1-2-3-4-5-6-7-8-16-9-11-17(12-10-16)18-15-19-13-14-20-18/h9-12,18-19H,2-8,13-15H2,1H3/t18-/m0/s1. The fourth-order valence-electron chi connectivity index (χ4n) is 2.79. The van der Waals surface area contributed by atoms with Crippen molar-refractivity contribution in [2.24, 2.45) is 0 Å². The second-order valence-electron chi connectivity index (χ2n) is 5.82. The minimum absolute atomic E-state index is 0.242. The second kappa shape index (κ2) is 9.15. The molecule has 20 heavy (non-hydrogen) atoms. The Morgan fingerprint density at radius 1 is 1.05 bits per heavy atom. The SMILES string of the molecule is CCCCCCCCc1ccc([C@@H]2CNCCO2)cc1. The molecule has 1 atom stereocenters. The van der Waals surface area contributed by atoms with E-state index >= 15 is 0 Å². The lowest BCUT2D eigenvalue weighted by Gasteiger charge is -2.24. The van der Waals surface area contributed by atoms with E-state index in [2.05, 4.69) is 36.5 Å². The van der Waals surface area contributed by atoms with Crippen LogP contribution in [0.1, 0.15) is 62.7 Å². The quantitative estimate of drug-likeness (QED) is 0.716. The molecule has 2 rings (SSSR count). The molecule has 0 aromatic heterocycles. The van der Waals surface area contributed by atoms with Crippen LogP contribution < -0.4 is 5.32 Å². The zero-order chi connectivity index (χ0) is 14.0. The van der Waals surface area contributed by atoms with Gasteiger partial charge in [0.1, 0.15) is 0 Å². The summed E-state index contributed by atoms with van der Waals surface area (Å²) in [5, 5.41) is 3.38. The second-order valence-corrected chi connectivity index (χ2v) is 5.82. The molecule has 1 saturated heterocycles. The summed E-state index contributed by atoms with van der Waals surface area (Å²) in [6.07, 6.45) is 9.68. The van der Waals surface area contributed by atoms with Gasteiger partial charge in [-0.15, -0.1) is 0 Å². The molecule has 0 spiro atoms. The number of benzene rings is 1. The molecule has 1 aromatic carbocycles. The van der Waals surface area contributed by atoms with Crippen molar-refractivity contribution in [3.8, 4) is 0 Å². The largest absolute Gasteiger partial charge is 0.371 e. The van der Waals surface area contributed by atoms with Crippen LogP contribution >= 0.6 is 0 Å². The van der Waals surface area contributed by atoms with Crippen molar-refractivity contribution in [3.63, 3.8) is 0 Å². The van der Waals surface area contributed by atoms with Gasteiger partial charge >= 0.3 is 0 Å². The van der Waals surface area contributed by atoms with E-state index in [0.29, 0.717) is 0 Å². The maximum atomic E-state index is 5.78. The molecule has 0 radical (unpaired) electrons. The summed E-state index contributed by atoms with van der Waals surface area (Å²) in [4.78, 5) is 0. The first-order chi connectivity index (χ1) is 9.90. The smallest absolute Gasteiger partial charge is 0.0949 e. The van der Waals surface area contributed by atoms with Crippen molar-refractivity contribution in [2.75, 3.05) is 19.7 Å². The van der Waals surface area contributed by atoms with Gasteiger partial charge in [-0.05, 0) is 24.0 Å². The summed E-state index contributed by atoms with van der Waals surface area (Å²) in [5.74, 6) is 0. The lowest BCUT2D eigenvalue weighted by molar-refractivity contribution is 0.0277. The summed E-state index contributed by atoms with van der Waals surface area (Å²) in [7, 11) is 0. The number of hydrogen-bond acceptors (Lipinski definition) is 2. The topological polar surface area (TPSA) is 21.3 Å². The monoisotopic (exact) mass is 275 g/mol. The summed E-state index contributed by atoms with van der Waals surface area (Å²) >= 11 is 0. The van der Waals surface area contributed by atoms with E-state index in [1.165, 1.54) is 56.1 Å². The highest BCUT2D eigenvalue weighted by Gasteiger charge is 2.14. The van der Waals surface area contributed by atoms with Crippen LogP contribution in [0.5, 0.6) is 0 Å². The van der Waals surface area contributed by atoms with E-state index in [1.807, 2.05) is 0 Å². The van der Waals surface area contributed by atoms with Gasteiger partial charge in [-0.3, -0.25) is 0 Å². The van der Waals surface area contributed by atoms with E-state index in [-0.39, 0.29) is 6.10 Å². The van der Waals surface area contributed by atoms with Crippen LogP contribution in [0.3, 0.4) is 0 Å². The van der Waals surface area contributed by atoms with Gasteiger partial charge in [0.2, 0.25) is 0 Å². The molecule has 2 heteroatoms. The predicted molar refractivity (Wildman–Crippen MR) is 85.1 cm³/mol. The minimum atomic E-state index is 0.242. The number of rotatable bonds is 8. The molecule has 0 bridgehead atoms. The Bertz CT molecular complexity index is 354. The zero-order valence-electron chi connectivity index (χ0n) is 12.9. The van der Waals surface area contributed by atoms with Gasteiger partial charge in [0.25, 0.3) is 0 Å². The maximum absolute atomic E-state index is 5.78. The molecule has 0 saturated carbocycles. The van der Waals surface area contributed by atoms with Gasteiger partial charge in [-0.1, -0.05) is 63.3 Å². The summed E-state index contributed by atoms with van der Waals surface area (Å²) in [5.41, 5.74) is 2.77. The normalized spacial score (nSPS) is 19.1. The number of ether oxygens (including phenoxy) is 1. The third kappa shape index (κ3) is 5.26. The molecule has 1 aliphatic heterocycles. The Morgan fingerprint density at radius 2 is 1.80 bits per heavy atom. The summed E-state index contributed by atoms with van der Waals surface area (Å²) < 4.78 is 5.78. The molecule has 1 aliphatic rings. The van der Waals surface area contributed by atoms with Crippen molar-refractivity contribution in [1.82, 2.24) is 5.32 Å². The van der Waals surface area contributed by atoms with Gasteiger partial charge in [-0.2, -0.15) is 0 Å². The Labute approximate surface area is 123 Å². The molecule has 1 fully saturated rings. The molecule has 1 heterocycles. The van der Waals surface area contributed by atoms with Gasteiger partial charge in [-0.25, -0.2) is 0 Å². The van der Waals surface area contributed by atoms with Gasteiger partial charge < -0.3 is 10.1 Å². The van der Waals surface area contributed by atoms with Crippen molar-refractivity contribution < 1.29 is 4.74 Å². The van der Waals surface area contributed by atoms with Gasteiger partial charge in [0.05, 0.1) is 12.7 Å². The maximum Gasteiger partial charge on any atom is 0.0949 e. The fraction of sp³-hybridized carbons (Fsp3) is 0.667. The lowest BCUT2D eigenvalue weighted by atomic mass is 10.0. The first kappa shape index (κ1) is 15.5. The third-order valence-electron chi connectivity index (χ3n) is 4.10. The summed E-state index contributed by atoms with van der Waals surface area (Å²) in [6, 6.07) is 9.03. The van der Waals surface area contributed by atoms with Crippen molar-refractivity contribution in [3.05, 3.63) is 35.4 Å². The average molecular weight is 275 g/mol. The molecule has 1 N–H and O–H groups in total. The average Bonchev–Trinajstić information content (AvgIpc) is 2.52. The van der Waals surface area contributed by atoms with Crippen LogP contribution in [0.4, 0.5) is 0 Å². The van der Waals surface area contributed by atoms with Crippen LogP contribution in [0.15, 0.2) is 24.3 Å². The van der Waals surface area contributed by atoms with Crippen LogP contribution in [0.2, 0.25) is 0 Å². The zero-order valence-corrected chi connectivity index (χ0v) is 12.9. The first-order valence-corrected chi connectivity index (χ1v) is 8.31. The molecular formula is C18H29NO. The number of unbranched alkanes of at least 4 members (excludes halogenated alkanes) is 5. The minimum Gasteiger partial charge on any atom is -0.371 e. The first-order valence-electron chi connectivity index (χ1n) is 8.31. The fourth-order valence-corrected chi connectivity index (χ4v) is 2.79. The van der Waals surface area contributed by atoms with E-state index < -0.39 is 0 Å². The van der Waals surface area contributed by atoms with Gasteiger partial charge in [0.15, 0.2) is 0 Å². The number of aryl methyl sites for hydroxylation is 1.